The Balaban J connectivity index is 2.98. The molecule has 4 heteroatoms. The highest BCUT2D eigenvalue weighted by Crippen LogP contribution is 2.26. The Morgan fingerprint density at radius 2 is 1.85 bits per heavy atom. The van der Waals surface area contributed by atoms with Gasteiger partial charge in [-0.2, -0.15) is 0 Å². The Morgan fingerprint density at radius 1 is 1.20 bits per heavy atom. The highest BCUT2D eigenvalue weighted by molar-refractivity contribution is 6.30. The summed E-state index contributed by atoms with van der Waals surface area (Å²) in [6, 6.07) is 8.08. The molecule has 0 aliphatic carbocycles. The summed E-state index contributed by atoms with van der Waals surface area (Å²) in [5.41, 5.74) is 7.51. The van der Waals surface area contributed by atoms with E-state index in [0.717, 1.165) is 30.8 Å². The Kier molecular flexibility index (Phi) is 8.15. The SMILES string of the molecule is CCCCN(CCO)C(c1ccc(Cl)cc1)C(N)CC. The number of aliphatic hydroxyl groups is 1. The molecular formula is C16H27ClN2O. The second kappa shape index (κ2) is 9.35. The molecule has 1 aromatic carbocycles. The lowest BCUT2D eigenvalue weighted by Gasteiger charge is -2.35. The molecule has 0 saturated heterocycles. The molecule has 0 amide bonds. The van der Waals surface area contributed by atoms with Crippen LogP contribution in [0.3, 0.4) is 0 Å². The van der Waals surface area contributed by atoms with Crippen LogP contribution in [0.1, 0.15) is 44.7 Å². The molecule has 20 heavy (non-hydrogen) atoms. The zero-order valence-electron chi connectivity index (χ0n) is 12.6. The standard InChI is InChI=1S/C16H27ClN2O/c1-3-5-10-19(11-12-20)16(15(18)4-2)13-6-8-14(17)9-7-13/h6-9,15-16,20H,3-5,10-12,18H2,1-2H3. The van der Waals surface area contributed by atoms with Gasteiger partial charge in [-0.05, 0) is 37.1 Å². The van der Waals surface area contributed by atoms with Crippen LogP contribution in [0.4, 0.5) is 0 Å². The van der Waals surface area contributed by atoms with Gasteiger partial charge in [-0.25, -0.2) is 0 Å². The molecule has 3 nitrogen and oxygen atoms in total. The van der Waals surface area contributed by atoms with Crippen molar-refractivity contribution in [2.45, 2.75) is 45.2 Å². The highest BCUT2D eigenvalue weighted by atomic mass is 35.5. The highest BCUT2D eigenvalue weighted by Gasteiger charge is 2.25. The first-order valence-corrected chi connectivity index (χ1v) is 7.87. The van der Waals surface area contributed by atoms with Gasteiger partial charge in [0.1, 0.15) is 0 Å². The Morgan fingerprint density at radius 3 is 2.35 bits per heavy atom. The molecule has 0 heterocycles. The number of rotatable bonds is 9. The number of nitrogens with zero attached hydrogens (tertiary/aromatic N) is 1. The van der Waals surface area contributed by atoms with Crippen LogP contribution in [0.25, 0.3) is 0 Å². The number of aliphatic hydroxyl groups excluding tert-OH is 1. The smallest absolute Gasteiger partial charge is 0.0558 e. The number of benzene rings is 1. The lowest BCUT2D eigenvalue weighted by atomic mass is 9.96. The maximum atomic E-state index is 9.33. The zero-order chi connectivity index (χ0) is 15.0. The van der Waals surface area contributed by atoms with Crippen molar-refractivity contribution in [1.82, 2.24) is 4.90 Å². The van der Waals surface area contributed by atoms with E-state index in [2.05, 4.69) is 18.7 Å². The normalized spacial score (nSPS) is 14.5. The lowest BCUT2D eigenvalue weighted by Crippen LogP contribution is -2.42. The van der Waals surface area contributed by atoms with Crippen LogP contribution in [0, 0.1) is 0 Å². The van der Waals surface area contributed by atoms with Gasteiger partial charge in [0.15, 0.2) is 0 Å². The summed E-state index contributed by atoms with van der Waals surface area (Å²) in [5.74, 6) is 0. The quantitative estimate of drug-likeness (QED) is 0.736. The molecule has 0 aliphatic heterocycles. The molecule has 3 N–H and O–H groups in total. The third-order valence-electron chi connectivity index (χ3n) is 3.67. The van der Waals surface area contributed by atoms with Gasteiger partial charge in [0.05, 0.1) is 6.61 Å². The molecule has 0 saturated carbocycles. The van der Waals surface area contributed by atoms with Gasteiger partial charge in [0.25, 0.3) is 0 Å². The minimum Gasteiger partial charge on any atom is -0.395 e. The Labute approximate surface area is 127 Å². The fraction of sp³-hybridized carbons (Fsp3) is 0.625. The molecule has 1 aromatic rings. The topological polar surface area (TPSA) is 49.5 Å². The summed E-state index contributed by atoms with van der Waals surface area (Å²) in [6.07, 6.45) is 3.15. The molecule has 0 aromatic heterocycles. The van der Waals surface area contributed by atoms with E-state index < -0.39 is 0 Å². The minimum absolute atomic E-state index is 0.0552. The number of halogens is 1. The number of nitrogens with two attached hydrogens (primary N) is 1. The summed E-state index contributed by atoms with van der Waals surface area (Å²) in [4.78, 5) is 2.29. The predicted molar refractivity (Wildman–Crippen MR) is 86.0 cm³/mol. The van der Waals surface area contributed by atoms with Crippen LogP contribution in [-0.4, -0.2) is 35.7 Å². The Hall–Kier alpha value is -0.610. The van der Waals surface area contributed by atoms with Crippen LogP contribution in [-0.2, 0) is 0 Å². The molecule has 0 aliphatic rings. The largest absolute Gasteiger partial charge is 0.395 e. The van der Waals surface area contributed by atoms with Gasteiger partial charge < -0.3 is 10.8 Å². The summed E-state index contributed by atoms with van der Waals surface area (Å²) in [5, 5.41) is 10.1. The average Bonchev–Trinajstić information content (AvgIpc) is 2.46. The van der Waals surface area contributed by atoms with Crippen molar-refractivity contribution in [1.29, 1.82) is 0 Å². The van der Waals surface area contributed by atoms with E-state index in [4.69, 9.17) is 17.3 Å². The van der Waals surface area contributed by atoms with E-state index in [1.165, 1.54) is 5.56 Å². The first-order valence-electron chi connectivity index (χ1n) is 7.50. The summed E-state index contributed by atoms with van der Waals surface area (Å²) < 4.78 is 0. The van der Waals surface area contributed by atoms with Gasteiger partial charge in [-0.1, -0.05) is 44.0 Å². The number of hydrogen-bond donors (Lipinski definition) is 2. The third kappa shape index (κ3) is 5.06. The molecular weight excluding hydrogens is 272 g/mol. The van der Waals surface area contributed by atoms with E-state index in [0.29, 0.717) is 6.54 Å². The minimum atomic E-state index is 0.0552. The maximum Gasteiger partial charge on any atom is 0.0558 e. The van der Waals surface area contributed by atoms with Gasteiger partial charge in [-0.15, -0.1) is 0 Å². The number of unbranched alkanes of at least 4 members (excludes halogenated alkanes) is 1. The molecule has 2 atom stereocenters. The zero-order valence-corrected chi connectivity index (χ0v) is 13.3. The molecule has 2 unspecified atom stereocenters. The molecule has 0 fully saturated rings. The molecule has 1 rings (SSSR count). The second-order valence-corrected chi connectivity index (χ2v) is 5.62. The summed E-state index contributed by atoms with van der Waals surface area (Å²) in [7, 11) is 0. The van der Waals surface area contributed by atoms with Crippen LogP contribution in [0.15, 0.2) is 24.3 Å². The van der Waals surface area contributed by atoms with Crippen molar-refractivity contribution in [3.05, 3.63) is 34.9 Å². The first-order chi connectivity index (χ1) is 9.63. The summed E-state index contributed by atoms with van der Waals surface area (Å²) >= 11 is 5.97. The summed E-state index contributed by atoms with van der Waals surface area (Å²) in [6.45, 7) is 6.04. The first kappa shape index (κ1) is 17.4. The van der Waals surface area contributed by atoms with Crippen LogP contribution >= 0.6 is 11.6 Å². The third-order valence-corrected chi connectivity index (χ3v) is 3.92. The van der Waals surface area contributed by atoms with Gasteiger partial charge in [0, 0.05) is 23.7 Å². The molecule has 0 radical (unpaired) electrons. The predicted octanol–water partition coefficient (Wildman–Crippen LogP) is 3.21. The average molecular weight is 299 g/mol. The molecule has 114 valence electrons. The van der Waals surface area contributed by atoms with Gasteiger partial charge >= 0.3 is 0 Å². The van der Waals surface area contributed by atoms with E-state index >= 15 is 0 Å². The second-order valence-electron chi connectivity index (χ2n) is 5.18. The monoisotopic (exact) mass is 298 g/mol. The fourth-order valence-corrected chi connectivity index (χ4v) is 2.62. The fourth-order valence-electron chi connectivity index (χ4n) is 2.49. The van der Waals surface area contributed by atoms with Gasteiger partial charge in [0.2, 0.25) is 0 Å². The van der Waals surface area contributed by atoms with Crippen molar-refractivity contribution < 1.29 is 5.11 Å². The van der Waals surface area contributed by atoms with E-state index in [1.807, 2.05) is 24.3 Å². The van der Waals surface area contributed by atoms with Crippen molar-refractivity contribution in [3.8, 4) is 0 Å². The Bertz CT molecular complexity index is 369. The number of hydrogen-bond acceptors (Lipinski definition) is 3. The van der Waals surface area contributed by atoms with Crippen LogP contribution < -0.4 is 5.73 Å². The van der Waals surface area contributed by atoms with E-state index in [-0.39, 0.29) is 18.7 Å². The lowest BCUT2D eigenvalue weighted by molar-refractivity contribution is 0.130. The molecule has 0 spiro atoms. The van der Waals surface area contributed by atoms with Crippen molar-refractivity contribution in [2.24, 2.45) is 5.73 Å². The van der Waals surface area contributed by atoms with Gasteiger partial charge in [-0.3, -0.25) is 4.90 Å². The maximum absolute atomic E-state index is 9.33. The van der Waals surface area contributed by atoms with Crippen molar-refractivity contribution >= 4 is 11.6 Å². The van der Waals surface area contributed by atoms with E-state index in [1.54, 1.807) is 0 Å². The van der Waals surface area contributed by atoms with Crippen molar-refractivity contribution in [3.63, 3.8) is 0 Å². The van der Waals surface area contributed by atoms with Crippen molar-refractivity contribution in [2.75, 3.05) is 19.7 Å². The van der Waals surface area contributed by atoms with Crippen LogP contribution in [0.2, 0.25) is 5.02 Å². The van der Waals surface area contributed by atoms with E-state index in [9.17, 15) is 5.11 Å². The van der Waals surface area contributed by atoms with Crippen LogP contribution in [0.5, 0.6) is 0 Å². The molecule has 0 bridgehead atoms.